The smallest absolute Gasteiger partial charge is 0.293 e. The lowest BCUT2D eigenvalue weighted by atomic mass is 10.2. The van der Waals surface area contributed by atoms with Gasteiger partial charge in [-0.05, 0) is 12.5 Å². The van der Waals surface area contributed by atoms with Gasteiger partial charge in [-0.25, -0.2) is 0 Å². The van der Waals surface area contributed by atoms with Crippen LogP contribution in [0.15, 0.2) is 12.1 Å². The van der Waals surface area contributed by atoms with Crippen LogP contribution in [-0.2, 0) is 6.42 Å². The lowest BCUT2D eigenvalue weighted by Crippen LogP contribution is -2.30. The van der Waals surface area contributed by atoms with E-state index in [1.54, 1.807) is 6.92 Å². The number of aromatic nitrogens is 1. The molecule has 0 N–H and O–H groups in total. The molecule has 0 aliphatic rings. The van der Waals surface area contributed by atoms with Gasteiger partial charge in [0.2, 0.25) is 0 Å². The van der Waals surface area contributed by atoms with Crippen LogP contribution in [0.5, 0.6) is 0 Å². The Hall–Kier alpha value is -1.05. The summed E-state index contributed by atoms with van der Waals surface area (Å²) in [7, 11) is 0. The second kappa shape index (κ2) is 2.69. The van der Waals surface area contributed by atoms with E-state index >= 15 is 0 Å². The number of pyridine rings is 1. The molecule has 0 amide bonds. The lowest BCUT2D eigenvalue weighted by molar-refractivity contribution is -0.617. The molecule has 0 aliphatic carbocycles. The molecule has 0 atom stereocenters. The van der Waals surface area contributed by atoms with E-state index in [1.807, 2.05) is 19.1 Å². The van der Waals surface area contributed by atoms with Crippen molar-refractivity contribution < 1.29 is 4.73 Å². The number of rotatable bonds is 1. The Kier molecular flexibility index (Phi) is 1.90. The van der Waals surface area contributed by atoms with Crippen molar-refractivity contribution in [3.8, 4) is 0 Å². The minimum atomic E-state index is 0.692. The molecule has 0 fully saturated rings. The number of nitrogens with zero attached hydrogens (tertiary/aromatic N) is 1. The molecule has 0 bridgehead atoms. The zero-order chi connectivity index (χ0) is 7.56. The Labute approximate surface area is 60.7 Å². The molecule has 53 valence electrons. The summed E-state index contributed by atoms with van der Waals surface area (Å²) in [6.07, 6.45) is 3.55. The third-order valence-electron chi connectivity index (χ3n) is 1.47. The molecule has 0 saturated carbocycles. The minimum absolute atomic E-state index is 0.692. The highest BCUT2D eigenvalue weighted by Gasteiger charge is 1.99. The van der Waals surface area contributed by atoms with Crippen LogP contribution >= 0.6 is 0 Å². The van der Waals surface area contributed by atoms with E-state index in [1.165, 1.54) is 0 Å². The molecule has 0 spiro atoms. The molecular formula is C8H10NO. The van der Waals surface area contributed by atoms with Crippen LogP contribution in [0.25, 0.3) is 0 Å². The average Bonchev–Trinajstić information content (AvgIpc) is 1.95. The van der Waals surface area contributed by atoms with Crippen molar-refractivity contribution in [2.45, 2.75) is 20.3 Å². The minimum Gasteiger partial charge on any atom is -0.618 e. The topological polar surface area (TPSA) is 26.9 Å². The van der Waals surface area contributed by atoms with E-state index in [-0.39, 0.29) is 0 Å². The Balaban J connectivity index is 3.04. The summed E-state index contributed by atoms with van der Waals surface area (Å²) < 4.78 is 0.777. The Bertz CT molecular complexity index is 233. The molecule has 1 radical (unpaired) electrons. The number of hydrogen-bond donors (Lipinski definition) is 0. The van der Waals surface area contributed by atoms with Crippen LogP contribution in [0.4, 0.5) is 0 Å². The summed E-state index contributed by atoms with van der Waals surface area (Å²) in [5.41, 5.74) is 1.65. The van der Waals surface area contributed by atoms with E-state index in [2.05, 4.69) is 6.20 Å². The highest BCUT2D eigenvalue weighted by atomic mass is 16.5. The van der Waals surface area contributed by atoms with Crippen LogP contribution in [0, 0.1) is 18.3 Å². The Morgan fingerprint density at radius 3 is 2.80 bits per heavy atom. The molecule has 0 unspecified atom stereocenters. The molecule has 0 aromatic carbocycles. The molecule has 1 rings (SSSR count). The van der Waals surface area contributed by atoms with Crippen molar-refractivity contribution in [2.24, 2.45) is 0 Å². The zero-order valence-corrected chi connectivity index (χ0v) is 6.22. The first-order valence-electron chi connectivity index (χ1n) is 3.35. The fraction of sp³-hybridized carbons (Fsp3) is 0.375. The molecule has 1 aromatic heterocycles. The molecule has 10 heavy (non-hydrogen) atoms. The van der Waals surface area contributed by atoms with E-state index in [0.29, 0.717) is 5.69 Å². The lowest BCUT2D eigenvalue weighted by Gasteiger charge is -1.98. The van der Waals surface area contributed by atoms with Gasteiger partial charge in [0, 0.05) is 18.6 Å². The standard InChI is InChI=1S/C8H10NO/c1-3-8-5-4-7(2)9(10)6-8/h4-5H,3H2,1-2H3. The maximum atomic E-state index is 10.9. The average molecular weight is 136 g/mol. The Morgan fingerprint density at radius 1 is 1.60 bits per heavy atom. The number of aryl methyl sites for hydroxylation is 2. The van der Waals surface area contributed by atoms with Crippen LogP contribution in [-0.4, -0.2) is 0 Å². The van der Waals surface area contributed by atoms with Crippen LogP contribution < -0.4 is 4.73 Å². The van der Waals surface area contributed by atoms with E-state index in [9.17, 15) is 5.21 Å². The fourth-order valence-corrected chi connectivity index (χ4v) is 0.742. The predicted octanol–water partition coefficient (Wildman–Crippen LogP) is 0.991. The van der Waals surface area contributed by atoms with Gasteiger partial charge in [-0.15, -0.1) is 0 Å². The van der Waals surface area contributed by atoms with E-state index in [4.69, 9.17) is 0 Å². The second-order valence-corrected chi connectivity index (χ2v) is 2.26. The molecule has 0 saturated heterocycles. The quantitative estimate of drug-likeness (QED) is 0.418. The first-order valence-corrected chi connectivity index (χ1v) is 3.35. The van der Waals surface area contributed by atoms with Crippen molar-refractivity contribution >= 4 is 0 Å². The zero-order valence-electron chi connectivity index (χ0n) is 6.22. The molecule has 1 heterocycles. The van der Waals surface area contributed by atoms with Crippen LogP contribution in [0.2, 0.25) is 0 Å². The maximum Gasteiger partial charge on any atom is 0.293 e. The molecule has 2 nitrogen and oxygen atoms in total. The first-order chi connectivity index (χ1) is 4.74. The molecular weight excluding hydrogens is 126 g/mol. The van der Waals surface area contributed by atoms with Gasteiger partial charge < -0.3 is 5.21 Å². The molecule has 0 aliphatic heterocycles. The van der Waals surface area contributed by atoms with Gasteiger partial charge in [-0.3, -0.25) is 0 Å². The van der Waals surface area contributed by atoms with Gasteiger partial charge in [0.05, 0.1) is 0 Å². The van der Waals surface area contributed by atoms with Crippen LogP contribution in [0.1, 0.15) is 18.2 Å². The predicted molar refractivity (Wildman–Crippen MR) is 38.4 cm³/mol. The van der Waals surface area contributed by atoms with Gasteiger partial charge in [0.25, 0.3) is 6.20 Å². The fourth-order valence-electron chi connectivity index (χ4n) is 0.742. The van der Waals surface area contributed by atoms with Crippen molar-refractivity contribution in [3.63, 3.8) is 0 Å². The van der Waals surface area contributed by atoms with Crippen molar-refractivity contribution in [1.29, 1.82) is 0 Å². The molecule has 2 heteroatoms. The summed E-state index contributed by atoms with van der Waals surface area (Å²) in [6, 6.07) is 3.73. The van der Waals surface area contributed by atoms with Crippen molar-refractivity contribution in [1.82, 2.24) is 0 Å². The van der Waals surface area contributed by atoms with Gasteiger partial charge >= 0.3 is 0 Å². The highest BCUT2D eigenvalue weighted by Crippen LogP contribution is 1.96. The van der Waals surface area contributed by atoms with Gasteiger partial charge in [-0.1, -0.05) is 6.92 Å². The third-order valence-corrected chi connectivity index (χ3v) is 1.47. The number of hydrogen-bond acceptors (Lipinski definition) is 1. The van der Waals surface area contributed by atoms with Gasteiger partial charge in [-0.2, -0.15) is 4.73 Å². The summed E-state index contributed by atoms with van der Waals surface area (Å²) >= 11 is 0. The van der Waals surface area contributed by atoms with Crippen molar-refractivity contribution in [3.05, 3.63) is 34.8 Å². The Morgan fingerprint density at radius 2 is 2.30 bits per heavy atom. The summed E-state index contributed by atoms with van der Waals surface area (Å²) in [5, 5.41) is 10.9. The SMILES string of the molecule is CCc1[c][n+]([O-])c(C)cc1. The largest absolute Gasteiger partial charge is 0.618 e. The van der Waals surface area contributed by atoms with Crippen molar-refractivity contribution in [2.75, 3.05) is 0 Å². The summed E-state index contributed by atoms with van der Waals surface area (Å²) in [4.78, 5) is 0. The van der Waals surface area contributed by atoms with E-state index < -0.39 is 0 Å². The normalized spacial score (nSPS) is 9.80. The summed E-state index contributed by atoms with van der Waals surface area (Å²) in [5.74, 6) is 0. The molecule has 1 aromatic rings. The maximum absolute atomic E-state index is 10.9. The van der Waals surface area contributed by atoms with E-state index in [0.717, 1.165) is 16.7 Å². The summed E-state index contributed by atoms with van der Waals surface area (Å²) in [6.45, 7) is 3.77. The van der Waals surface area contributed by atoms with Gasteiger partial charge in [0.15, 0.2) is 5.69 Å². The highest BCUT2D eigenvalue weighted by molar-refractivity contribution is 5.07. The monoisotopic (exact) mass is 136 g/mol. The van der Waals surface area contributed by atoms with Gasteiger partial charge in [0.1, 0.15) is 0 Å². The third kappa shape index (κ3) is 1.26. The first kappa shape index (κ1) is 7.06. The second-order valence-electron chi connectivity index (χ2n) is 2.26. The van der Waals surface area contributed by atoms with Crippen LogP contribution in [0.3, 0.4) is 0 Å².